The number of carbonyl (C=O) groups excluding carboxylic acids is 1. The summed E-state index contributed by atoms with van der Waals surface area (Å²) in [4.78, 5) is 12.1. The minimum atomic E-state index is -0.619. The second kappa shape index (κ2) is 6.86. The summed E-state index contributed by atoms with van der Waals surface area (Å²) in [5.41, 5.74) is 0.289. The number of benzene rings is 2. The summed E-state index contributed by atoms with van der Waals surface area (Å²) >= 11 is 3.19. The summed E-state index contributed by atoms with van der Waals surface area (Å²) in [6, 6.07) is 12.6. The molecule has 0 radical (unpaired) electrons. The number of nitrogens with zero attached hydrogens (tertiary/aromatic N) is 1. The molecule has 0 aliphatic carbocycles. The first kappa shape index (κ1) is 15.0. The molecule has 21 heavy (non-hydrogen) atoms. The standard InChI is InChI=1S/C15H10BrFN2O2/c16-10-5-6-12(17)11(9-10)15(20)19-13-3-1-2-4-14(13)21-8-7-18/h1-6,9H,8H2,(H,19,20). The van der Waals surface area contributed by atoms with Gasteiger partial charge >= 0.3 is 0 Å². The summed E-state index contributed by atoms with van der Waals surface area (Å²) < 4.78 is 19.5. The molecule has 0 bridgehead atoms. The highest BCUT2D eigenvalue weighted by atomic mass is 79.9. The van der Waals surface area contributed by atoms with E-state index in [4.69, 9.17) is 10.00 Å². The van der Waals surface area contributed by atoms with E-state index < -0.39 is 11.7 Å². The molecule has 0 fully saturated rings. The van der Waals surface area contributed by atoms with E-state index in [1.54, 1.807) is 24.3 Å². The van der Waals surface area contributed by atoms with Gasteiger partial charge in [0.05, 0.1) is 11.3 Å². The lowest BCUT2D eigenvalue weighted by atomic mass is 10.2. The molecule has 2 rings (SSSR count). The number of halogens is 2. The van der Waals surface area contributed by atoms with Crippen LogP contribution in [0.25, 0.3) is 0 Å². The second-order valence-electron chi connectivity index (χ2n) is 4.02. The molecule has 0 saturated heterocycles. The van der Waals surface area contributed by atoms with Gasteiger partial charge in [0.15, 0.2) is 6.61 Å². The number of hydrogen-bond acceptors (Lipinski definition) is 3. The van der Waals surface area contributed by atoms with Crippen LogP contribution in [0.2, 0.25) is 0 Å². The highest BCUT2D eigenvalue weighted by molar-refractivity contribution is 9.10. The van der Waals surface area contributed by atoms with Crippen LogP contribution in [-0.4, -0.2) is 12.5 Å². The van der Waals surface area contributed by atoms with E-state index >= 15 is 0 Å². The maximum atomic E-state index is 13.7. The summed E-state index contributed by atoms with van der Waals surface area (Å²) in [5, 5.41) is 11.1. The van der Waals surface area contributed by atoms with Gasteiger partial charge in [-0.2, -0.15) is 5.26 Å². The van der Waals surface area contributed by atoms with E-state index in [1.165, 1.54) is 18.2 Å². The predicted molar refractivity (Wildman–Crippen MR) is 79.6 cm³/mol. The number of hydrogen-bond donors (Lipinski definition) is 1. The Balaban J connectivity index is 2.24. The van der Waals surface area contributed by atoms with E-state index in [2.05, 4.69) is 21.2 Å². The van der Waals surface area contributed by atoms with E-state index in [1.807, 2.05) is 6.07 Å². The molecular formula is C15H10BrFN2O2. The number of anilines is 1. The molecule has 106 valence electrons. The molecule has 2 aromatic carbocycles. The number of nitriles is 1. The Bertz CT molecular complexity index is 713. The highest BCUT2D eigenvalue weighted by Crippen LogP contribution is 2.25. The van der Waals surface area contributed by atoms with E-state index in [9.17, 15) is 9.18 Å². The molecule has 1 amide bonds. The average molecular weight is 349 g/mol. The number of carbonyl (C=O) groups is 1. The fourth-order valence-corrected chi connectivity index (χ4v) is 2.03. The SMILES string of the molecule is N#CCOc1ccccc1NC(=O)c1cc(Br)ccc1F. The first-order valence-corrected chi connectivity index (χ1v) is 6.76. The van der Waals surface area contributed by atoms with Crippen LogP contribution in [0.3, 0.4) is 0 Å². The van der Waals surface area contributed by atoms with Gasteiger partial charge in [-0.05, 0) is 30.3 Å². The van der Waals surface area contributed by atoms with Crippen LogP contribution in [0.4, 0.5) is 10.1 Å². The minimum Gasteiger partial charge on any atom is -0.477 e. The summed E-state index contributed by atoms with van der Waals surface area (Å²) in [7, 11) is 0. The third-order valence-electron chi connectivity index (χ3n) is 2.60. The van der Waals surface area contributed by atoms with Crippen molar-refractivity contribution in [3.8, 4) is 11.8 Å². The van der Waals surface area contributed by atoms with E-state index in [-0.39, 0.29) is 12.2 Å². The molecule has 0 spiro atoms. The van der Waals surface area contributed by atoms with Crippen LogP contribution in [0.1, 0.15) is 10.4 Å². The Morgan fingerprint density at radius 3 is 2.86 bits per heavy atom. The lowest BCUT2D eigenvalue weighted by Crippen LogP contribution is -2.14. The molecule has 0 atom stereocenters. The molecule has 4 nitrogen and oxygen atoms in total. The van der Waals surface area contributed by atoms with Crippen molar-refractivity contribution < 1.29 is 13.9 Å². The lowest BCUT2D eigenvalue weighted by Gasteiger charge is -2.11. The summed E-state index contributed by atoms with van der Waals surface area (Å²) in [6.45, 7) is -0.141. The molecule has 1 N–H and O–H groups in total. The van der Waals surface area contributed by atoms with Crippen molar-refractivity contribution in [1.29, 1.82) is 5.26 Å². The number of ether oxygens (including phenoxy) is 1. The van der Waals surface area contributed by atoms with Crippen LogP contribution < -0.4 is 10.1 Å². The van der Waals surface area contributed by atoms with Crippen molar-refractivity contribution in [2.45, 2.75) is 0 Å². The van der Waals surface area contributed by atoms with Crippen molar-refractivity contribution in [3.05, 3.63) is 58.3 Å². The van der Waals surface area contributed by atoms with Crippen LogP contribution in [0, 0.1) is 17.1 Å². The Morgan fingerprint density at radius 2 is 2.10 bits per heavy atom. The van der Waals surface area contributed by atoms with Crippen molar-refractivity contribution in [2.24, 2.45) is 0 Å². The van der Waals surface area contributed by atoms with Gasteiger partial charge in [-0.25, -0.2) is 4.39 Å². The fourth-order valence-electron chi connectivity index (χ4n) is 1.67. The van der Waals surface area contributed by atoms with Crippen molar-refractivity contribution >= 4 is 27.5 Å². The Labute approximate surface area is 129 Å². The normalized spacial score (nSPS) is 9.76. The number of nitrogens with one attached hydrogen (secondary N) is 1. The zero-order valence-corrected chi connectivity index (χ0v) is 12.4. The third-order valence-corrected chi connectivity index (χ3v) is 3.09. The Kier molecular flexibility index (Phi) is 4.90. The molecular weight excluding hydrogens is 339 g/mol. The monoisotopic (exact) mass is 348 g/mol. The third kappa shape index (κ3) is 3.80. The van der Waals surface area contributed by atoms with Gasteiger partial charge < -0.3 is 10.1 Å². The first-order chi connectivity index (χ1) is 10.1. The second-order valence-corrected chi connectivity index (χ2v) is 4.94. The van der Waals surface area contributed by atoms with Gasteiger partial charge in [-0.3, -0.25) is 4.79 Å². The molecule has 6 heteroatoms. The van der Waals surface area contributed by atoms with Crippen LogP contribution >= 0.6 is 15.9 Å². The molecule has 0 saturated carbocycles. The quantitative estimate of drug-likeness (QED) is 0.915. The summed E-state index contributed by atoms with van der Waals surface area (Å²) in [5.74, 6) is -0.865. The van der Waals surface area contributed by atoms with Crippen molar-refractivity contribution in [3.63, 3.8) is 0 Å². The molecule has 0 heterocycles. The van der Waals surface area contributed by atoms with Gasteiger partial charge in [-0.15, -0.1) is 0 Å². The van der Waals surface area contributed by atoms with Crippen molar-refractivity contribution in [2.75, 3.05) is 11.9 Å². The lowest BCUT2D eigenvalue weighted by molar-refractivity contribution is 0.102. The summed E-state index contributed by atoms with van der Waals surface area (Å²) in [6.07, 6.45) is 0. The maximum absolute atomic E-state index is 13.7. The van der Waals surface area contributed by atoms with Gasteiger partial charge in [0.2, 0.25) is 0 Å². The smallest absolute Gasteiger partial charge is 0.258 e. The minimum absolute atomic E-state index is 0.0838. The molecule has 0 unspecified atom stereocenters. The Morgan fingerprint density at radius 1 is 1.33 bits per heavy atom. The zero-order valence-electron chi connectivity index (χ0n) is 10.8. The number of para-hydroxylation sites is 2. The maximum Gasteiger partial charge on any atom is 0.258 e. The zero-order chi connectivity index (χ0) is 15.2. The number of amides is 1. The average Bonchev–Trinajstić information content (AvgIpc) is 2.48. The molecule has 0 aromatic heterocycles. The van der Waals surface area contributed by atoms with E-state index in [0.29, 0.717) is 15.9 Å². The first-order valence-electron chi connectivity index (χ1n) is 5.97. The largest absolute Gasteiger partial charge is 0.477 e. The van der Waals surface area contributed by atoms with E-state index in [0.717, 1.165) is 0 Å². The highest BCUT2D eigenvalue weighted by Gasteiger charge is 2.14. The van der Waals surface area contributed by atoms with Gasteiger partial charge in [0.25, 0.3) is 5.91 Å². The van der Waals surface area contributed by atoms with Crippen LogP contribution in [0.15, 0.2) is 46.9 Å². The predicted octanol–water partition coefficient (Wildman–Crippen LogP) is 3.74. The molecule has 0 aliphatic rings. The van der Waals surface area contributed by atoms with Crippen LogP contribution in [-0.2, 0) is 0 Å². The molecule has 2 aromatic rings. The van der Waals surface area contributed by atoms with Crippen molar-refractivity contribution in [1.82, 2.24) is 0 Å². The van der Waals surface area contributed by atoms with Crippen LogP contribution in [0.5, 0.6) is 5.75 Å². The van der Waals surface area contributed by atoms with Gasteiger partial charge in [-0.1, -0.05) is 28.1 Å². The number of rotatable bonds is 4. The topological polar surface area (TPSA) is 62.1 Å². The van der Waals surface area contributed by atoms with Gasteiger partial charge in [0.1, 0.15) is 17.6 Å². The molecule has 0 aliphatic heterocycles. The fraction of sp³-hybridized carbons (Fsp3) is 0.0667. The van der Waals surface area contributed by atoms with Gasteiger partial charge in [0, 0.05) is 4.47 Å². The Hall–Kier alpha value is -2.39.